The van der Waals surface area contributed by atoms with Gasteiger partial charge in [0.05, 0.1) is 28.0 Å². The van der Waals surface area contributed by atoms with Crippen LogP contribution in [0, 0.1) is 5.41 Å². The van der Waals surface area contributed by atoms with Crippen molar-refractivity contribution in [3.63, 3.8) is 0 Å². The van der Waals surface area contributed by atoms with Crippen molar-refractivity contribution in [2.24, 2.45) is 12.5 Å². The fraction of sp³-hybridized carbons (Fsp3) is 0.812. The number of aromatic nitrogens is 2. The molecule has 5 heteroatoms. The third-order valence-electron chi connectivity index (χ3n) is 5.00. The lowest BCUT2D eigenvalue weighted by atomic mass is 9.68. The van der Waals surface area contributed by atoms with Crippen LogP contribution in [0.25, 0.3) is 0 Å². The van der Waals surface area contributed by atoms with Gasteiger partial charge in [0.15, 0.2) is 0 Å². The average Bonchev–Trinajstić information content (AvgIpc) is 2.77. The molecule has 120 valence electrons. The first-order valence-corrected chi connectivity index (χ1v) is 8.60. The highest BCUT2D eigenvalue weighted by Crippen LogP contribution is 2.48. The van der Waals surface area contributed by atoms with Crippen molar-refractivity contribution in [3.05, 3.63) is 16.4 Å². The third-order valence-corrected chi connectivity index (χ3v) is 5.61. The van der Waals surface area contributed by atoms with Crippen LogP contribution in [0.4, 0.5) is 0 Å². The predicted octanol–water partition coefficient (Wildman–Crippen LogP) is 3.82. The van der Waals surface area contributed by atoms with Gasteiger partial charge in [-0.05, 0) is 53.6 Å². The van der Waals surface area contributed by atoms with Crippen molar-refractivity contribution in [1.29, 1.82) is 0 Å². The normalized spacial score (nSPS) is 22.2. The summed E-state index contributed by atoms with van der Waals surface area (Å²) in [5.41, 5.74) is 1.45. The largest absolute Gasteiger partial charge is 0.376 e. The molecule has 1 heterocycles. The van der Waals surface area contributed by atoms with Gasteiger partial charge in [0, 0.05) is 14.2 Å². The van der Waals surface area contributed by atoms with Crippen LogP contribution in [0.3, 0.4) is 0 Å². The molecule has 1 aromatic rings. The minimum absolute atomic E-state index is 0.151. The molecule has 0 amide bonds. The van der Waals surface area contributed by atoms with Gasteiger partial charge in [0.2, 0.25) is 0 Å². The molecular formula is C16H28BrN3O. The molecule has 1 N–H and O–H groups in total. The number of ether oxygens (including phenoxy) is 1. The van der Waals surface area contributed by atoms with Crippen molar-refractivity contribution < 1.29 is 4.74 Å². The number of methoxy groups -OCH3 is 1. The number of nitrogens with one attached hydrogen (secondary N) is 1. The van der Waals surface area contributed by atoms with E-state index >= 15 is 0 Å². The smallest absolute Gasteiger partial charge is 0.0888 e. The summed E-state index contributed by atoms with van der Waals surface area (Å²) in [6.07, 6.45) is 6.41. The van der Waals surface area contributed by atoms with E-state index < -0.39 is 0 Å². The number of hydrogen-bond donors (Lipinski definition) is 1. The summed E-state index contributed by atoms with van der Waals surface area (Å²) in [7, 11) is 3.85. The van der Waals surface area contributed by atoms with Crippen LogP contribution < -0.4 is 5.32 Å². The van der Waals surface area contributed by atoms with Gasteiger partial charge in [-0.2, -0.15) is 5.10 Å². The first kappa shape index (κ1) is 17.0. The van der Waals surface area contributed by atoms with E-state index in [1.54, 1.807) is 0 Å². The van der Waals surface area contributed by atoms with Crippen molar-refractivity contribution in [3.8, 4) is 0 Å². The summed E-state index contributed by atoms with van der Waals surface area (Å²) in [5.74, 6) is 0. The molecule has 0 aliphatic heterocycles. The molecule has 0 bridgehead atoms. The zero-order valence-corrected chi connectivity index (χ0v) is 15.5. The molecule has 0 radical (unpaired) electrons. The van der Waals surface area contributed by atoms with E-state index in [9.17, 15) is 0 Å². The number of likely N-dealkylation sites (N-methyl/N-ethyl adjacent to an activating group) is 1. The molecule has 1 unspecified atom stereocenters. The van der Waals surface area contributed by atoms with Gasteiger partial charge in [-0.15, -0.1) is 0 Å². The monoisotopic (exact) mass is 357 g/mol. The highest BCUT2D eigenvalue weighted by molar-refractivity contribution is 9.10. The fourth-order valence-corrected chi connectivity index (χ4v) is 4.02. The summed E-state index contributed by atoms with van der Waals surface area (Å²) in [4.78, 5) is 0. The minimum atomic E-state index is -0.151. The molecule has 1 fully saturated rings. The van der Waals surface area contributed by atoms with Crippen LogP contribution in [-0.2, 0) is 11.8 Å². The number of hydrogen-bond acceptors (Lipinski definition) is 3. The van der Waals surface area contributed by atoms with E-state index in [4.69, 9.17) is 4.74 Å². The number of nitrogens with zero attached hydrogens (tertiary/aromatic N) is 2. The first-order chi connectivity index (χ1) is 9.85. The number of rotatable bonds is 5. The maximum atomic E-state index is 6.10. The van der Waals surface area contributed by atoms with Crippen LogP contribution in [-0.4, -0.2) is 29.0 Å². The summed E-state index contributed by atoms with van der Waals surface area (Å²) in [6, 6.07) is 0.158. The summed E-state index contributed by atoms with van der Waals surface area (Å²) in [5, 5.41) is 8.02. The first-order valence-electron chi connectivity index (χ1n) is 7.81. The van der Waals surface area contributed by atoms with Crippen LogP contribution >= 0.6 is 15.9 Å². The molecule has 21 heavy (non-hydrogen) atoms. The average molecular weight is 358 g/mol. The summed E-state index contributed by atoms with van der Waals surface area (Å²) >= 11 is 3.65. The predicted molar refractivity (Wildman–Crippen MR) is 89.3 cm³/mol. The quantitative estimate of drug-likeness (QED) is 0.870. The second-order valence-corrected chi connectivity index (χ2v) is 7.78. The van der Waals surface area contributed by atoms with Gasteiger partial charge in [-0.3, -0.25) is 4.68 Å². The van der Waals surface area contributed by atoms with Crippen LogP contribution in [0.5, 0.6) is 0 Å². The van der Waals surface area contributed by atoms with Crippen LogP contribution in [0.1, 0.15) is 58.2 Å². The topological polar surface area (TPSA) is 39.1 Å². The number of halogens is 1. The summed E-state index contributed by atoms with van der Waals surface area (Å²) < 4.78 is 9.11. The van der Waals surface area contributed by atoms with Gasteiger partial charge < -0.3 is 10.1 Å². The Labute approximate surface area is 136 Å². The van der Waals surface area contributed by atoms with E-state index in [0.717, 1.165) is 23.9 Å². The Hall–Kier alpha value is -0.390. The summed E-state index contributed by atoms with van der Waals surface area (Å²) in [6.45, 7) is 7.77. The lowest BCUT2D eigenvalue weighted by molar-refractivity contribution is -0.0890. The lowest BCUT2D eigenvalue weighted by Crippen LogP contribution is -2.49. The standard InChI is InChI=1S/C16H28BrN3O/c1-6-18-14(13-12(17)11-19-20(13)4)16(21-5)9-7-15(2,3)8-10-16/h11,14,18H,6-10H2,1-5H3. The molecule has 0 spiro atoms. The van der Waals surface area contributed by atoms with E-state index in [0.29, 0.717) is 5.41 Å². The van der Waals surface area contributed by atoms with E-state index in [2.05, 4.69) is 47.1 Å². The minimum Gasteiger partial charge on any atom is -0.376 e. The van der Waals surface area contributed by atoms with Gasteiger partial charge >= 0.3 is 0 Å². The highest BCUT2D eigenvalue weighted by atomic mass is 79.9. The van der Waals surface area contributed by atoms with Crippen molar-refractivity contribution in [1.82, 2.24) is 15.1 Å². The van der Waals surface area contributed by atoms with Crippen molar-refractivity contribution in [2.45, 2.75) is 58.1 Å². The number of aryl methyl sites for hydroxylation is 1. The molecular weight excluding hydrogens is 330 g/mol. The lowest BCUT2D eigenvalue weighted by Gasteiger charge is -2.47. The fourth-order valence-electron chi connectivity index (χ4n) is 3.44. The van der Waals surface area contributed by atoms with Crippen molar-refractivity contribution >= 4 is 15.9 Å². The zero-order valence-electron chi connectivity index (χ0n) is 13.9. The molecule has 1 aliphatic carbocycles. The molecule has 0 aromatic carbocycles. The molecule has 4 nitrogen and oxygen atoms in total. The maximum absolute atomic E-state index is 6.10. The SMILES string of the molecule is CCNC(c1c(Br)cnn1C)C1(OC)CCC(C)(C)CC1. The van der Waals surface area contributed by atoms with Gasteiger partial charge in [-0.1, -0.05) is 20.8 Å². The molecule has 2 rings (SSSR count). The van der Waals surface area contributed by atoms with Crippen LogP contribution in [0.2, 0.25) is 0 Å². The van der Waals surface area contributed by atoms with Crippen LogP contribution in [0.15, 0.2) is 10.7 Å². The molecule has 1 aliphatic rings. The van der Waals surface area contributed by atoms with Gasteiger partial charge in [-0.25, -0.2) is 0 Å². The Kier molecular flexibility index (Phi) is 5.16. The highest BCUT2D eigenvalue weighted by Gasteiger charge is 2.46. The molecule has 1 aromatic heterocycles. The Morgan fingerprint density at radius 2 is 2.00 bits per heavy atom. The zero-order chi connectivity index (χ0) is 15.7. The molecule has 1 saturated carbocycles. The second kappa shape index (κ2) is 6.39. The third kappa shape index (κ3) is 3.35. The van der Waals surface area contributed by atoms with E-state index in [1.165, 1.54) is 18.5 Å². The Bertz CT molecular complexity index is 454. The van der Waals surface area contributed by atoms with E-state index in [-0.39, 0.29) is 11.6 Å². The Balaban J connectivity index is 2.36. The maximum Gasteiger partial charge on any atom is 0.0888 e. The van der Waals surface area contributed by atoms with Crippen molar-refractivity contribution in [2.75, 3.05) is 13.7 Å². The Morgan fingerprint density at radius 3 is 2.43 bits per heavy atom. The van der Waals surface area contributed by atoms with Gasteiger partial charge in [0.25, 0.3) is 0 Å². The molecule has 1 atom stereocenters. The Morgan fingerprint density at radius 1 is 1.38 bits per heavy atom. The van der Waals surface area contributed by atoms with E-state index in [1.807, 2.05) is 25.0 Å². The van der Waals surface area contributed by atoms with Gasteiger partial charge in [0.1, 0.15) is 0 Å². The second-order valence-electron chi connectivity index (χ2n) is 6.93. The molecule has 0 saturated heterocycles.